The van der Waals surface area contributed by atoms with Gasteiger partial charge in [0.15, 0.2) is 0 Å². The van der Waals surface area contributed by atoms with Gasteiger partial charge in [0.2, 0.25) is 0 Å². The molecule has 1 aliphatic carbocycles. The van der Waals surface area contributed by atoms with Gasteiger partial charge in [-0.05, 0) is 53.1 Å². The summed E-state index contributed by atoms with van der Waals surface area (Å²) in [5.41, 5.74) is 0.269. The molecule has 17 heavy (non-hydrogen) atoms. The normalized spacial score (nSPS) is 24.2. The van der Waals surface area contributed by atoms with E-state index in [9.17, 15) is 0 Å². The van der Waals surface area contributed by atoms with Gasteiger partial charge in [0, 0.05) is 37.8 Å². The molecule has 100 valence electrons. The van der Waals surface area contributed by atoms with Crippen LogP contribution < -0.4 is 5.32 Å². The molecule has 0 spiro atoms. The van der Waals surface area contributed by atoms with Crippen molar-refractivity contribution < 1.29 is 0 Å². The van der Waals surface area contributed by atoms with E-state index < -0.39 is 0 Å². The molecule has 1 saturated carbocycles. The maximum absolute atomic E-state index is 3.56. The monoisotopic (exact) mass is 239 g/mol. The first kappa shape index (κ1) is 13.3. The summed E-state index contributed by atoms with van der Waals surface area (Å²) in [7, 11) is 0. The van der Waals surface area contributed by atoms with E-state index in [1.165, 1.54) is 52.0 Å². The maximum Gasteiger partial charge on any atom is 0.0113 e. The van der Waals surface area contributed by atoms with Crippen LogP contribution in [-0.4, -0.2) is 60.6 Å². The largest absolute Gasteiger partial charge is 0.312 e. The standard InChI is InChI=1S/C14H29N3/c1-14(2,3)15-7-4-8-16-9-11-17(12-10-16)13-5-6-13/h13,15H,4-12H2,1-3H3. The summed E-state index contributed by atoms with van der Waals surface area (Å²) in [6, 6.07) is 0.958. The third-order valence-corrected chi connectivity index (χ3v) is 3.78. The Morgan fingerprint density at radius 1 is 1.06 bits per heavy atom. The molecule has 2 aliphatic rings. The molecule has 1 aliphatic heterocycles. The highest BCUT2D eigenvalue weighted by atomic mass is 15.3. The van der Waals surface area contributed by atoms with Gasteiger partial charge in [0.05, 0.1) is 0 Å². The highest BCUT2D eigenvalue weighted by molar-refractivity contribution is 4.87. The van der Waals surface area contributed by atoms with Crippen LogP contribution in [0.5, 0.6) is 0 Å². The van der Waals surface area contributed by atoms with Crippen molar-refractivity contribution >= 4 is 0 Å². The van der Waals surface area contributed by atoms with Gasteiger partial charge in [-0.1, -0.05) is 0 Å². The van der Waals surface area contributed by atoms with E-state index in [0.717, 1.165) is 12.6 Å². The van der Waals surface area contributed by atoms with Gasteiger partial charge in [0.1, 0.15) is 0 Å². The number of nitrogens with one attached hydrogen (secondary N) is 1. The molecule has 3 nitrogen and oxygen atoms in total. The number of rotatable bonds is 5. The molecule has 0 atom stereocenters. The highest BCUT2D eigenvalue weighted by Crippen LogP contribution is 2.27. The number of hydrogen-bond donors (Lipinski definition) is 1. The second-order valence-corrected chi connectivity index (χ2v) is 6.64. The molecule has 1 saturated heterocycles. The Morgan fingerprint density at radius 3 is 2.24 bits per heavy atom. The Labute approximate surface area is 107 Å². The van der Waals surface area contributed by atoms with Gasteiger partial charge in [-0.3, -0.25) is 4.90 Å². The third kappa shape index (κ3) is 4.94. The van der Waals surface area contributed by atoms with Crippen LogP contribution in [-0.2, 0) is 0 Å². The molecule has 1 N–H and O–H groups in total. The lowest BCUT2D eigenvalue weighted by Gasteiger charge is -2.35. The Kier molecular flexibility index (Phi) is 4.45. The van der Waals surface area contributed by atoms with Gasteiger partial charge in [-0.2, -0.15) is 0 Å². The lowest BCUT2D eigenvalue weighted by molar-refractivity contribution is 0.125. The summed E-state index contributed by atoms with van der Waals surface area (Å²) in [4.78, 5) is 5.31. The molecule has 1 heterocycles. The summed E-state index contributed by atoms with van der Waals surface area (Å²) in [5, 5.41) is 3.56. The van der Waals surface area contributed by atoms with E-state index in [0.29, 0.717) is 0 Å². The van der Waals surface area contributed by atoms with Crippen molar-refractivity contribution in [1.29, 1.82) is 0 Å². The number of nitrogens with zero attached hydrogens (tertiary/aromatic N) is 2. The molecular formula is C14H29N3. The lowest BCUT2D eigenvalue weighted by atomic mass is 10.1. The van der Waals surface area contributed by atoms with Crippen LogP contribution in [0.4, 0.5) is 0 Å². The fraction of sp³-hybridized carbons (Fsp3) is 1.00. The lowest BCUT2D eigenvalue weighted by Crippen LogP contribution is -2.47. The molecule has 2 rings (SSSR count). The molecular weight excluding hydrogens is 210 g/mol. The number of piperazine rings is 1. The summed E-state index contributed by atoms with van der Waals surface area (Å²) in [6.07, 6.45) is 4.19. The van der Waals surface area contributed by atoms with Crippen molar-refractivity contribution in [1.82, 2.24) is 15.1 Å². The zero-order chi connectivity index (χ0) is 12.3. The Bertz CT molecular complexity index is 222. The summed E-state index contributed by atoms with van der Waals surface area (Å²) >= 11 is 0. The van der Waals surface area contributed by atoms with Gasteiger partial charge < -0.3 is 10.2 Å². The average molecular weight is 239 g/mol. The van der Waals surface area contributed by atoms with Crippen molar-refractivity contribution in [3.05, 3.63) is 0 Å². The minimum Gasteiger partial charge on any atom is -0.312 e. The Balaban J connectivity index is 1.52. The smallest absolute Gasteiger partial charge is 0.0113 e. The Morgan fingerprint density at radius 2 is 1.71 bits per heavy atom. The predicted octanol–water partition coefficient (Wildman–Crippen LogP) is 1.54. The van der Waals surface area contributed by atoms with Crippen molar-refractivity contribution in [2.45, 2.75) is 51.6 Å². The van der Waals surface area contributed by atoms with Gasteiger partial charge in [-0.15, -0.1) is 0 Å². The molecule has 0 aromatic rings. The number of hydrogen-bond acceptors (Lipinski definition) is 3. The molecule has 3 heteroatoms. The first-order chi connectivity index (χ1) is 8.04. The van der Waals surface area contributed by atoms with Crippen molar-refractivity contribution in [2.75, 3.05) is 39.3 Å². The van der Waals surface area contributed by atoms with Gasteiger partial charge >= 0.3 is 0 Å². The predicted molar refractivity (Wildman–Crippen MR) is 73.4 cm³/mol. The zero-order valence-electron chi connectivity index (χ0n) is 11.8. The quantitative estimate of drug-likeness (QED) is 0.734. The molecule has 0 radical (unpaired) electrons. The minimum atomic E-state index is 0.269. The molecule has 0 amide bonds. The van der Waals surface area contributed by atoms with Crippen LogP contribution in [0.25, 0.3) is 0 Å². The van der Waals surface area contributed by atoms with E-state index in [2.05, 4.69) is 35.9 Å². The molecule has 0 bridgehead atoms. The van der Waals surface area contributed by atoms with E-state index in [-0.39, 0.29) is 5.54 Å². The highest BCUT2D eigenvalue weighted by Gasteiger charge is 2.30. The van der Waals surface area contributed by atoms with Crippen LogP contribution in [0.3, 0.4) is 0 Å². The fourth-order valence-corrected chi connectivity index (χ4v) is 2.56. The van der Waals surface area contributed by atoms with E-state index in [1.807, 2.05) is 0 Å². The molecule has 0 aromatic carbocycles. The van der Waals surface area contributed by atoms with Crippen LogP contribution >= 0.6 is 0 Å². The summed E-state index contributed by atoms with van der Waals surface area (Å²) in [6.45, 7) is 14.3. The minimum absolute atomic E-state index is 0.269. The SMILES string of the molecule is CC(C)(C)NCCCN1CCN(C2CC2)CC1. The zero-order valence-corrected chi connectivity index (χ0v) is 11.8. The van der Waals surface area contributed by atoms with E-state index in [4.69, 9.17) is 0 Å². The summed E-state index contributed by atoms with van der Waals surface area (Å²) in [5.74, 6) is 0. The van der Waals surface area contributed by atoms with Crippen molar-refractivity contribution in [2.24, 2.45) is 0 Å². The van der Waals surface area contributed by atoms with Crippen LogP contribution in [0.2, 0.25) is 0 Å². The molecule has 0 aromatic heterocycles. The molecule has 0 unspecified atom stereocenters. The Hall–Kier alpha value is -0.120. The fourth-order valence-electron chi connectivity index (χ4n) is 2.56. The average Bonchev–Trinajstić information content (AvgIpc) is 3.08. The van der Waals surface area contributed by atoms with Gasteiger partial charge in [-0.25, -0.2) is 0 Å². The van der Waals surface area contributed by atoms with E-state index in [1.54, 1.807) is 0 Å². The second kappa shape index (κ2) is 5.68. The van der Waals surface area contributed by atoms with Crippen LogP contribution in [0.15, 0.2) is 0 Å². The first-order valence-corrected chi connectivity index (χ1v) is 7.26. The second-order valence-electron chi connectivity index (χ2n) is 6.64. The summed E-state index contributed by atoms with van der Waals surface area (Å²) < 4.78 is 0. The third-order valence-electron chi connectivity index (χ3n) is 3.78. The van der Waals surface area contributed by atoms with E-state index >= 15 is 0 Å². The van der Waals surface area contributed by atoms with Gasteiger partial charge in [0.25, 0.3) is 0 Å². The van der Waals surface area contributed by atoms with Crippen LogP contribution in [0, 0.1) is 0 Å². The van der Waals surface area contributed by atoms with Crippen molar-refractivity contribution in [3.8, 4) is 0 Å². The molecule has 2 fully saturated rings. The van der Waals surface area contributed by atoms with Crippen LogP contribution in [0.1, 0.15) is 40.0 Å². The first-order valence-electron chi connectivity index (χ1n) is 7.26. The topological polar surface area (TPSA) is 18.5 Å². The van der Waals surface area contributed by atoms with Crippen molar-refractivity contribution in [3.63, 3.8) is 0 Å². The maximum atomic E-state index is 3.56.